The molecule has 2 unspecified atom stereocenters. The van der Waals surface area contributed by atoms with Gasteiger partial charge in [-0.15, -0.1) is 0 Å². The molecule has 104 heavy (non-hydrogen) atoms. The number of carbonyl (C=O) groups excluding carboxylic acids is 2. The van der Waals surface area contributed by atoms with Gasteiger partial charge in [0.1, 0.15) is 67.0 Å². The SMILES string of the molecule is CC(=O)N[C@H]1[C@@H](OP(=O)(O)OP(=O)(O)OC/C=C(/C)CC/C=C(/C)CC/C=C(/C)CC/C=C(/C)CC/C=C(/C)CC/C=C(/C)CC/C=C(/C)CC/C=C(/C)CC/C=C(\C)CC/C=C(\C)CCC=C(C)C)O[C@H](CO[C@H]2O[C@H](CO)[C@H](O)[C@H](O[C@@H]3O[C@H](C(=O)O)[C@@H](O)[C@H](O)[C@H]3O)[C@H]2NC(C)=O)[C@H](O)[C@@H]1O. The van der Waals surface area contributed by atoms with Crippen molar-refractivity contribution in [3.05, 3.63) is 128 Å². The van der Waals surface area contributed by atoms with Gasteiger partial charge in [0.05, 0.1) is 19.8 Å². The Bertz CT molecular complexity index is 3140. The van der Waals surface area contributed by atoms with Crippen molar-refractivity contribution in [3.63, 3.8) is 0 Å². The predicted molar refractivity (Wildman–Crippen MR) is 400 cm³/mol. The van der Waals surface area contributed by atoms with Crippen LogP contribution < -0.4 is 10.6 Å². The fourth-order valence-electron chi connectivity index (χ4n) is 11.9. The first-order valence-corrected chi connectivity index (χ1v) is 39.5. The summed E-state index contributed by atoms with van der Waals surface area (Å²) in [5.74, 6) is -3.44. The number of carboxylic acids is 1. The van der Waals surface area contributed by atoms with Gasteiger partial charge in [-0.05, 0) is 212 Å². The number of aliphatic carboxylic acids is 1. The maximum atomic E-state index is 13.3. The number of hydrogen-bond acceptors (Lipinski definition) is 20. The molecule has 12 N–H and O–H groups in total. The number of aliphatic hydroxyl groups is 7. The van der Waals surface area contributed by atoms with Crippen LogP contribution in [0.3, 0.4) is 0 Å². The van der Waals surface area contributed by atoms with Crippen molar-refractivity contribution in [1.29, 1.82) is 0 Å². The van der Waals surface area contributed by atoms with Gasteiger partial charge in [0.25, 0.3) is 0 Å². The molecule has 17 atom stereocenters. The second-order valence-electron chi connectivity index (χ2n) is 28.5. The van der Waals surface area contributed by atoms with Crippen molar-refractivity contribution < 1.29 is 111 Å². The highest BCUT2D eigenvalue weighted by molar-refractivity contribution is 7.61. The first-order chi connectivity index (χ1) is 48.9. The monoisotopic (exact) mass is 1510 g/mol. The van der Waals surface area contributed by atoms with Crippen LogP contribution in [-0.4, -0.2) is 180 Å². The topological polar surface area (TPSA) is 386 Å². The second-order valence-corrected chi connectivity index (χ2v) is 31.5. The molecule has 3 aliphatic rings. The summed E-state index contributed by atoms with van der Waals surface area (Å²) < 4.78 is 68.9. The van der Waals surface area contributed by atoms with Crippen LogP contribution in [0.4, 0.5) is 0 Å². The number of allylic oxidation sites excluding steroid dienone is 21. The predicted octanol–water partition coefficient (Wildman–Crippen LogP) is 12.3. The second kappa shape index (κ2) is 48.7. The number of aliphatic hydroxyl groups excluding tert-OH is 7. The molecule has 0 radical (unpaired) electrons. The highest BCUT2D eigenvalue weighted by Crippen LogP contribution is 2.61. The van der Waals surface area contributed by atoms with Crippen LogP contribution in [0.5, 0.6) is 0 Å². The van der Waals surface area contributed by atoms with Gasteiger partial charge in [-0.3, -0.25) is 18.6 Å². The van der Waals surface area contributed by atoms with Crippen molar-refractivity contribution in [2.24, 2.45) is 0 Å². The molecule has 0 bridgehead atoms. The van der Waals surface area contributed by atoms with Crippen molar-refractivity contribution in [2.45, 2.75) is 317 Å². The van der Waals surface area contributed by atoms with E-state index in [-0.39, 0.29) is 0 Å². The highest BCUT2D eigenvalue weighted by atomic mass is 31.3. The Morgan fingerprint density at radius 3 is 1.12 bits per heavy atom. The van der Waals surface area contributed by atoms with E-state index >= 15 is 0 Å². The van der Waals surface area contributed by atoms with E-state index in [4.69, 9.17) is 32.7 Å². The summed E-state index contributed by atoms with van der Waals surface area (Å²) in [5.41, 5.74) is 15.0. The van der Waals surface area contributed by atoms with Crippen LogP contribution in [0.15, 0.2) is 128 Å². The minimum Gasteiger partial charge on any atom is -0.479 e. The van der Waals surface area contributed by atoms with Gasteiger partial charge in [0.15, 0.2) is 25.0 Å². The number of phosphoric acid groups is 2. The van der Waals surface area contributed by atoms with Crippen LogP contribution in [-0.2, 0) is 60.6 Å². The highest BCUT2D eigenvalue weighted by Gasteiger charge is 2.54. The summed E-state index contributed by atoms with van der Waals surface area (Å²) in [4.78, 5) is 57.7. The van der Waals surface area contributed by atoms with Gasteiger partial charge in [0, 0.05) is 13.8 Å². The molecule has 27 heteroatoms. The van der Waals surface area contributed by atoms with E-state index in [1.807, 2.05) is 0 Å². The van der Waals surface area contributed by atoms with Crippen molar-refractivity contribution in [2.75, 3.05) is 19.8 Å². The Balaban J connectivity index is 1.40. The van der Waals surface area contributed by atoms with Crippen LogP contribution >= 0.6 is 15.6 Å². The molecular formula is C77H126N2O23P2. The fourth-order valence-corrected chi connectivity index (χ4v) is 14.0. The molecule has 3 heterocycles. The van der Waals surface area contributed by atoms with Gasteiger partial charge in [-0.25, -0.2) is 13.9 Å². The average molecular weight is 1510 g/mol. The number of rotatable bonds is 46. The average Bonchev–Trinajstić information content (AvgIpc) is 0.784. The number of ether oxygens (including phenoxy) is 5. The van der Waals surface area contributed by atoms with Crippen molar-refractivity contribution in [1.82, 2.24) is 10.6 Å². The van der Waals surface area contributed by atoms with E-state index in [9.17, 15) is 74.2 Å². The third-order valence-electron chi connectivity index (χ3n) is 18.3. The summed E-state index contributed by atoms with van der Waals surface area (Å²) in [6.07, 6.45) is 19.5. The lowest BCUT2D eigenvalue weighted by molar-refractivity contribution is -0.343. The van der Waals surface area contributed by atoms with E-state index in [1.165, 1.54) is 61.8 Å². The number of carboxylic acid groups (broad SMARTS) is 1. The fraction of sp³-hybridized carbons (Fsp3) is 0.675. The summed E-state index contributed by atoms with van der Waals surface area (Å²) in [6.45, 7) is 25.7. The number of carbonyl (C=O) groups is 3. The normalized spacial score (nSPS) is 28.0. The third kappa shape index (κ3) is 37.0. The molecule has 2 amide bonds. The zero-order valence-corrected chi connectivity index (χ0v) is 65.7. The lowest BCUT2D eigenvalue weighted by atomic mass is 9.95. The summed E-state index contributed by atoms with van der Waals surface area (Å²) in [6, 6.07) is -3.52. The molecule has 3 saturated heterocycles. The quantitative estimate of drug-likeness (QED) is 0.0199. The van der Waals surface area contributed by atoms with E-state index in [0.717, 1.165) is 135 Å². The van der Waals surface area contributed by atoms with E-state index in [2.05, 4.69) is 152 Å². The van der Waals surface area contributed by atoms with Gasteiger partial charge in [-0.2, -0.15) is 4.31 Å². The standard InChI is InChI=1S/C77H126N2O23P2/c1-49(2)25-15-26-50(3)27-16-28-51(4)29-17-30-52(5)31-18-32-53(6)33-19-34-54(7)35-20-36-55(8)37-21-38-56(9)39-22-40-57(10)41-23-42-58(11)43-24-44-59(12)45-46-96-103(91,92)102-104(93,94)101-76-64(78-60(13)81)68(85)66(83)63(98-76)48-95-75-65(79-61(14)82)72(67(84)62(47-80)97-75)99-77-71(88)69(86)70(87)73(100-77)74(89)90/h25,27,29,31,33,35,37,39,41,43,45,62-73,75-77,80,83-88H,15-24,26,28,30,32,34,36,38,40,42,44,46-48H2,1-14H3,(H,78,81)(H,79,82)(H,89,90)(H,91,92)(H,93,94)/b50-27+,51-29+,52-31-,53-33-,54-35-,55-37-,56-39-,57-41-,58-43-,59-45-/t62-,63-,64-,65-,66+,67+,68-,69+,70+,71-,72-,73+,75+,76-,77-/m1/s1. The largest absolute Gasteiger partial charge is 0.483 e. The molecule has 0 aromatic rings. The van der Waals surface area contributed by atoms with Crippen LogP contribution in [0, 0.1) is 0 Å². The Kier molecular flexibility index (Phi) is 43.8. The van der Waals surface area contributed by atoms with Crippen LogP contribution in [0.1, 0.15) is 225 Å². The smallest absolute Gasteiger partial charge is 0.479 e. The summed E-state index contributed by atoms with van der Waals surface area (Å²) in [7, 11) is -11.2. The van der Waals surface area contributed by atoms with E-state index < -0.39 is 145 Å². The third-order valence-corrected chi connectivity index (χ3v) is 20.9. The lowest BCUT2D eigenvalue weighted by Gasteiger charge is -2.47. The van der Waals surface area contributed by atoms with Crippen molar-refractivity contribution in [3.8, 4) is 0 Å². The zero-order chi connectivity index (χ0) is 77.9. The molecule has 3 aliphatic heterocycles. The molecule has 0 aliphatic carbocycles. The lowest BCUT2D eigenvalue weighted by Crippen LogP contribution is -2.68. The zero-order valence-electron chi connectivity index (χ0n) is 63.9. The minimum atomic E-state index is -5.76. The molecule has 0 spiro atoms. The number of hydrogen-bond donors (Lipinski definition) is 12. The molecule has 592 valence electrons. The number of nitrogens with one attached hydrogen (secondary N) is 2. The Hall–Kier alpha value is -4.67. The van der Waals surface area contributed by atoms with Crippen LogP contribution in [0.2, 0.25) is 0 Å². The Labute approximate surface area is 617 Å². The molecule has 3 rings (SSSR count). The van der Waals surface area contributed by atoms with Crippen LogP contribution in [0.25, 0.3) is 0 Å². The molecular weight excluding hydrogens is 1380 g/mol. The molecule has 3 fully saturated rings. The number of amides is 2. The van der Waals surface area contributed by atoms with E-state index in [0.29, 0.717) is 12.8 Å². The molecule has 0 aromatic heterocycles. The van der Waals surface area contributed by atoms with Gasteiger partial charge in [0.2, 0.25) is 11.8 Å². The Morgan fingerprint density at radius 2 is 0.760 bits per heavy atom. The summed E-state index contributed by atoms with van der Waals surface area (Å²) >= 11 is 0. The molecule has 0 aromatic carbocycles. The van der Waals surface area contributed by atoms with E-state index in [1.54, 1.807) is 6.92 Å². The first kappa shape index (κ1) is 93.5. The van der Waals surface area contributed by atoms with Crippen molar-refractivity contribution >= 4 is 33.4 Å². The number of phosphoric ester groups is 2. The molecule has 25 nitrogen and oxygen atoms in total. The first-order valence-electron chi connectivity index (χ1n) is 36.5. The Morgan fingerprint density at radius 1 is 0.404 bits per heavy atom. The molecule has 0 saturated carbocycles. The summed E-state index contributed by atoms with van der Waals surface area (Å²) in [5, 5.41) is 88.9. The van der Waals surface area contributed by atoms with Gasteiger partial charge < -0.3 is 85.0 Å². The maximum absolute atomic E-state index is 13.3. The van der Waals surface area contributed by atoms with Gasteiger partial charge in [-0.1, -0.05) is 128 Å². The van der Waals surface area contributed by atoms with Gasteiger partial charge >= 0.3 is 21.6 Å². The minimum absolute atomic E-state index is 0.534. The maximum Gasteiger partial charge on any atom is 0.483 e.